The van der Waals surface area contributed by atoms with Crippen LogP contribution in [0.25, 0.3) is 0 Å². The molecule has 1 aromatic rings. The van der Waals surface area contributed by atoms with Gasteiger partial charge in [-0.05, 0) is 25.1 Å². The Morgan fingerprint density at radius 1 is 1.35 bits per heavy atom. The molecule has 0 fully saturated rings. The maximum absolute atomic E-state index is 11.5. The average molecular weight is 240 g/mol. The molecule has 5 nitrogen and oxygen atoms in total. The predicted molar refractivity (Wildman–Crippen MR) is 61.5 cm³/mol. The van der Waals surface area contributed by atoms with Crippen molar-refractivity contribution in [2.75, 3.05) is 26.9 Å². The molecule has 0 spiro atoms. The van der Waals surface area contributed by atoms with Crippen molar-refractivity contribution in [3.8, 4) is 11.5 Å². The van der Waals surface area contributed by atoms with Crippen LogP contribution in [0, 0.1) is 0 Å². The van der Waals surface area contributed by atoms with Crippen molar-refractivity contribution < 1.29 is 24.1 Å². The molecule has 1 N–H and O–H groups in total. The number of ether oxygens (including phenoxy) is 3. The van der Waals surface area contributed by atoms with E-state index in [4.69, 9.17) is 19.3 Å². The van der Waals surface area contributed by atoms with Crippen molar-refractivity contribution in [1.82, 2.24) is 0 Å². The second-order valence-corrected chi connectivity index (χ2v) is 3.16. The van der Waals surface area contributed by atoms with Gasteiger partial charge in [0.2, 0.25) is 0 Å². The maximum atomic E-state index is 11.5. The molecule has 0 unspecified atom stereocenters. The molecule has 17 heavy (non-hydrogen) atoms. The number of hydrogen-bond acceptors (Lipinski definition) is 5. The Bertz CT molecular complexity index is 375. The summed E-state index contributed by atoms with van der Waals surface area (Å²) in [6.45, 7) is 2.16. The van der Waals surface area contributed by atoms with Crippen LogP contribution in [0.3, 0.4) is 0 Å². The van der Waals surface area contributed by atoms with Crippen LogP contribution in [0.4, 0.5) is 0 Å². The summed E-state index contributed by atoms with van der Waals surface area (Å²) in [7, 11) is 1.48. The summed E-state index contributed by atoms with van der Waals surface area (Å²) in [5, 5.41) is 8.66. The highest BCUT2D eigenvalue weighted by atomic mass is 16.5. The Morgan fingerprint density at radius 2 is 2.12 bits per heavy atom. The molecule has 0 aliphatic carbocycles. The van der Waals surface area contributed by atoms with E-state index in [1.165, 1.54) is 7.11 Å². The first-order valence-electron chi connectivity index (χ1n) is 5.31. The van der Waals surface area contributed by atoms with Gasteiger partial charge in [-0.1, -0.05) is 0 Å². The molecule has 1 rings (SSSR count). The van der Waals surface area contributed by atoms with E-state index in [0.717, 1.165) is 0 Å². The van der Waals surface area contributed by atoms with E-state index < -0.39 is 5.97 Å². The van der Waals surface area contributed by atoms with E-state index in [1.54, 1.807) is 25.1 Å². The molecule has 0 amide bonds. The molecule has 0 heterocycles. The van der Waals surface area contributed by atoms with Crippen molar-refractivity contribution >= 4 is 5.97 Å². The third-order valence-electron chi connectivity index (χ3n) is 2.02. The van der Waals surface area contributed by atoms with Crippen LogP contribution in [-0.2, 0) is 4.74 Å². The molecule has 94 valence electrons. The van der Waals surface area contributed by atoms with Crippen molar-refractivity contribution in [2.24, 2.45) is 0 Å². The molecule has 0 aliphatic rings. The summed E-state index contributed by atoms with van der Waals surface area (Å²) in [5.41, 5.74) is 0.403. The highest BCUT2D eigenvalue weighted by molar-refractivity contribution is 5.90. The van der Waals surface area contributed by atoms with Gasteiger partial charge in [0.15, 0.2) is 11.5 Å². The molecular weight excluding hydrogens is 224 g/mol. The Morgan fingerprint density at radius 3 is 2.71 bits per heavy atom. The zero-order valence-electron chi connectivity index (χ0n) is 9.93. The lowest BCUT2D eigenvalue weighted by molar-refractivity contribution is 0.0526. The zero-order valence-corrected chi connectivity index (χ0v) is 9.93. The summed E-state index contributed by atoms with van der Waals surface area (Å²) in [6.07, 6.45) is 0. The number of carbonyl (C=O) groups is 1. The molecule has 0 radical (unpaired) electrons. The minimum atomic E-state index is -0.403. The van der Waals surface area contributed by atoms with E-state index in [9.17, 15) is 4.79 Å². The Kier molecular flexibility index (Phi) is 5.29. The Hall–Kier alpha value is -1.75. The van der Waals surface area contributed by atoms with Crippen LogP contribution in [0.15, 0.2) is 18.2 Å². The van der Waals surface area contributed by atoms with Crippen LogP contribution in [-0.4, -0.2) is 38.0 Å². The van der Waals surface area contributed by atoms with Crippen LogP contribution in [0.1, 0.15) is 17.3 Å². The molecule has 0 aliphatic heterocycles. The minimum Gasteiger partial charge on any atom is -0.493 e. The number of esters is 1. The fourth-order valence-electron chi connectivity index (χ4n) is 1.28. The van der Waals surface area contributed by atoms with Gasteiger partial charge in [0.25, 0.3) is 0 Å². The van der Waals surface area contributed by atoms with Gasteiger partial charge < -0.3 is 19.3 Å². The SMILES string of the molecule is CCOC(=O)c1ccc(OCCO)c(OC)c1. The van der Waals surface area contributed by atoms with Gasteiger partial charge in [0.1, 0.15) is 6.61 Å². The summed E-state index contributed by atoms with van der Waals surface area (Å²) < 4.78 is 15.2. The van der Waals surface area contributed by atoms with Crippen LogP contribution >= 0.6 is 0 Å². The Balaban J connectivity index is 2.87. The number of rotatable bonds is 6. The smallest absolute Gasteiger partial charge is 0.338 e. The van der Waals surface area contributed by atoms with E-state index in [-0.39, 0.29) is 13.2 Å². The normalized spacial score (nSPS) is 9.82. The summed E-state index contributed by atoms with van der Waals surface area (Å²) >= 11 is 0. The minimum absolute atomic E-state index is 0.0806. The van der Waals surface area contributed by atoms with Gasteiger partial charge in [-0.25, -0.2) is 4.79 Å². The van der Waals surface area contributed by atoms with Gasteiger partial charge in [0, 0.05) is 0 Å². The molecular formula is C12H16O5. The van der Waals surface area contributed by atoms with E-state index in [1.807, 2.05) is 0 Å². The monoisotopic (exact) mass is 240 g/mol. The van der Waals surface area contributed by atoms with E-state index in [0.29, 0.717) is 23.7 Å². The van der Waals surface area contributed by atoms with Crippen LogP contribution < -0.4 is 9.47 Å². The molecule has 5 heteroatoms. The van der Waals surface area contributed by atoms with Gasteiger partial charge in [-0.3, -0.25) is 0 Å². The first kappa shape index (κ1) is 13.3. The van der Waals surface area contributed by atoms with Crippen molar-refractivity contribution in [3.63, 3.8) is 0 Å². The van der Waals surface area contributed by atoms with Crippen molar-refractivity contribution in [2.45, 2.75) is 6.92 Å². The van der Waals surface area contributed by atoms with Gasteiger partial charge in [0.05, 0.1) is 25.9 Å². The number of aliphatic hydroxyl groups is 1. The second-order valence-electron chi connectivity index (χ2n) is 3.16. The number of benzene rings is 1. The molecule has 0 aromatic heterocycles. The molecule has 0 bridgehead atoms. The lowest BCUT2D eigenvalue weighted by atomic mass is 10.2. The first-order valence-corrected chi connectivity index (χ1v) is 5.31. The largest absolute Gasteiger partial charge is 0.493 e. The second kappa shape index (κ2) is 6.75. The van der Waals surface area contributed by atoms with E-state index in [2.05, 4.69) is 0 Å². The first-order chi connectivity index (χ1) is 8.22. The fourth-order valence-corrected chi connectivity index (χ4v) is 1.28. The number of methoxy groups -OCH3 is 1. The standard InChI is InChI=1S/C12H16O5/c1-3-16-12(14)9-4-5-10(17-7-6-13)11(8-9)15-2/h4-5,8,13H,3,6-7H2,1-2H3. The van der Waals surface area contributed by atoms with Gasteiger partial charge in [-0.2, -0.15) is 0 Å². The highest BCUT2D eigenvalue weighted by Gasteiger charge is 2.11. The fraction of sp³-hybridized carbons (Fsp3) is 0.417. The number of aliphatic hydroxyl groups excluding tert-OH is 1. The number of hydrogen-bond donors (Lipinski definition) is 1. The average Bonchev–Trinajstić information content (AvgIpc) is 2.36. The van der Waals surface area contributed by atoms with Crippen LogP contribution in [0.5, 0.6) is 11.5 Å². The lowest BCUT2D eigenvalue weighted by Crippen LogP contribution is -2.06. The molecule has 0 atom stereocenters. The topological polar surface area (TPSA) is 65.0 Å². The summed E-state index contributed by atoms with van der Waals surface area (Å²) in [6, 6.07) is 4.75. The molecule has 0 saturated heterocycles. The predicted octanol–water partition coefficient (Wildman–Crippen LogP) is 1.24. The summed E-state index contributed by atoms with van der Waals surface area (Å²) in [5.74, 6) is 0.512. The third-order valence-corrected chi connectivity index (χ3v) is 2.02. The molecule has 1 aromatic carbocycles. The van der Waals surface area contributed by atoms with Crippen molar-refractivity contribution in [1.29, 1.82) is 0 Å². The lowest BCUT2D eigenvalue weighted by Gasteiger charge is -2.10. The summed E-state index contributed by atoms with van der Waals surface area (Å²) in [4.78, 5) is 11.5. The zero-order chi connectivity index (χ0) is 12.7. The van der Waals surface area contributed by atoms with Crippen LogP contribution in [0.2, 0.25) is 0 Å². The number of carbonyl (C=O) groups excluding carboxylic acids is 1. The third kappa shape index (κ3) is 3.64. The highest BCUT2D eigenvalue weighted by Crippen LogP contribution is 2.28. The van der Waals surface area contributed by atoms with Gasteiger partial charge >= 0.3 is 5.97 Å². The van der Waals surface area contributed by atoms with Crippen molar-refractivity contribution in [3.05, 3.63) is 23.8 Å². The van der Waals surface area contributed by atoms with E-state index >= 15 is 0 Å². The maximum Gasteiger partial charge on any atom is 0.338 e. The Labute approximate surface area is 99.9 Å². The molecule has 0 saturated carbocycles. The van der Waals surface area contributed by atoms with Gasteiger partial charge in [-0.15, -0.1) is 0 Å². The quantitative estimate of drug-likeness (QED) is 0.758.